The summed E-state index contributed by atoms with van der Waals surface area (Å²) in [7, 11) is 0. The van der Waals surface area contributed by atoms with E-state index in [1.807, 2.05) is 12.1 Å². The van der Waals surface area contributed by atoms with E-state index in [2.05, 4.69) is 60.5 Å². The molecule has 0 fully saturated rings. The maximum absolute atomic E-state index is 6.02. The first-order chi connectivity index (χ1) is 10.9. The Bertz CT molecular complexity index is 784. The lowest BCUT2D eigenvalue weighted by Gasteiger charge is -2.12. The standard InChI is InChI=1S/C20H19NO.ClH/c1-2-15-22-20-18(8-7-16-11-13-21-14-12-16)10-9-17-5-3-4-6-19(17)20;/h3-14H,2,15H2,1H3;1H/p-1/b8-7+;. The molecule has 3 rings (SSSR count). The highest BCUT2D eigenvalue weighted by Gasteiger charge is 2.06. The van der Waals surface area contributed by atoms with Gasteiger partial charge in [-0.05, 0) is 29.5 Å². The van der Waals surface area contributed by atoms with E-state index in [-0.39, 0.29) is 12.4 Å². The van der Waals surface area contributed by atoms with Crippen LogP contribution in [0.3, 0.4) is 0 Å². The fourth-order valence-electron chi connectivity index (χ4n) is 2.42. The molecule has 2 aromatic carbocycles. The zero-order chi connectivity index (χ0) is 15.2. The number of benzene rings is 2. The molecule has 3 aromatic rings. The van der Waals surface area contributed by atoms with Gasteiger partial charge in [-0.15, -0.1) is 0 Å². The van der Waals surface area contributed by atoms with Gasteiger partial charge in [-0.3, -0.25) is 4.98 Å². The van der Waals surface area contributed by atoms with Crippen molar-refractivity contribution in [3.8, 4) is 5.75 Å². The van der Waals surface area contributed by atoms with Crippen LogP contribution in [0.5, 0.6) is 5.75 Å². The molecule has 0 aliphatic carbocycles. The second-order valence-electron chi connectivity index (χ2n) is 5.17. The highest BCUT2D eigenvalue weighted by Crippen LogP contribution is 2.31. The number of aromatic nitrogens is 1. The van der Waals surface area contributed by atoms with Gasteiger partial charge in [0.2, 0.25) is 0 Å². The monoisotopic (exact) mass is 324 g/mol. The summed E-state index contributed by atoms with van der Waals surface area (Å²) in [6, 6.07) is 16.6. The highest BCUT2D eigenvalue weighted by molar-refractivity contribution is 5.93. The minimum atomic E-state index is 0. The Morgan fingerprint density at radius 2 is 1.74 bits per heavy atom. The van der Waals surface area contributed by atoms with Gasteiger partial charge in [0.1, 0.15) is 5.75 Å². The number of pyridine rings is 1. The largest absolute Gasteiger partial charge is 1.00 e. The van der Waals surface area contributed by atoms with Crippen molar-refractivity contribution >= 4 is 22.9 Å². The lowest BCUT2D eigenvalue weighted by molar-refractivity contribution is -0.00000473. The molecule has 0 radical (unpaired) electrons. The molecule has 0 amide bonds. The van der Waals surface area contributed by atoms with Crippen LogP contribution in [0.1, 0.15) is 24.5 Å². The highest BCUT2D eigenvalue weighted by atomic mass is 35.5. The van der Waals surface area contributed by atoms with Crippen LogP contribution in [0.15, 0.2) is 60.9 Å². The van der Waals surface area contributed by atoms with Gasteiger partial charge in [-0.25, -0.2) is 0 Å². The summed E-state index contributed by atoms with van der Waals surface area (Å²) < 4.78 is 6.02. The summed E-state index contributed by atoms with van der Waals surface area (Å²) in [4.78, 5) is 4.04. The van der Waals surface area contributed by atoms with E-state index in [0.717, 1.165) is 35.3 Å². The summed E-state index contributed by atoms with van der Waals surface area (Å²) in [5, 5.41) is 2.36. The topological polar surface area (TPSA) is 22.1 Å². The Morgan fingerprint density at radius 1 is 0.957 bits per heavy atom. The third kappa shape index (κ3) is 4.11. The van der Waals surface area contributed by atoms with E-state index >= 15 is 0 Å². The van der Waals surface area contributed by atoms with Crippen molar-refractivity contribution in [2.24, 2.45) is 0 Å². The van der Waals surface area contributed by atoms with E-state index < -0.39 is 0 Å². The number of hydrogen-bond donors (Lipinski definition) is 0. The maximum Gasteiger partial charge on any atom is 0.134 e. The quantitative estimate of drug-likeness (QED) is 0.718. The summed E-state index contributed by atoms with van der Waals surface area (Å²) in [5.74, 6) is 0.963. The Labute approximate surface area is 143 Å². The molecule has 0 atom stereocenters. The van der Waals surface area contributed by atoms with Crippen LogP contribution in [0.2, 0.25) is 0 Å². The number of rotatable bonds is 5. The molecule has 0 aliphatic heterocycles. The molecule has 1 heterocycles. The van der Waals surface area contributed by atoms with Crippen molar-refractivity contribution in [2.75, 3.05) is 6.61 Å². The zero-order valence-corrected chi connectivity index (χ0v) is 13.8. The summed E-state index contributed by atoms with van der Waals surface area (Å²) in [6.07, 6.45) is 8.79. The van der Waals surface area contributed by atoms with Crippen molar-refractivity contribution in [3.05, 3.63) is 72.1 Å². The van der Waals surface area contributed by atoms with Gasteiger partial charge in [0, 0.05) is 23.3 Å². The predicted molar refractivity (Wildman–Crippen MR) is 92.9 cm³/mol. The van der Waals surface area contributed by atoms with Crippen molar-refractivity contribution < 1.29 is 17.1 Å². The molecule has 0 aliphatic rings. The van der Waals surface area contributed by atoms with Crippen LogP contribution in [0.4, 0.5) is 0 Å². The smallest absolute Gasteiger partial charge is 0.134 e. The fourth-order valence-corrected chi connectivity index (χ4v) is 2.42. The summed E-state index contributed by atoms with van der Waals surface area (Å²) in [5.41, 5.74) is 2.23. The van der Waals surface area contributed by atoms with Crippen molar-refractivity contribution in [1.29, 1.82) is 0 Å². The molecule has 3 heteroatoms. The first kappa shape index (κ1) is 17.0. The van der Waals surface area contributed by atoms with Crippen LogP contribution in [-0.2, 0) is 0 Å². The van der Waals surface area contributed by atoms with Crippen LogP contribution in [0, 0.1) is 0 Å². The van der Waals surface area contributed by atoms with Gasteiger partial charge in [0.05, 0.1) is 6.61 Å². The van der Waals surface area contributed by atoms with Crippen molar-refractivity contribution in [2.45, 2.75) is 13.3 Å². The first-order valence-corrected chi connectivity index (χ1v) is 7.61. The van der Waals surface area contributed by atoms with Gasteiger partial charge in [-0.2, -0.15) is 0 Å². The lowest BCUT2D eigenvalue weighted by atomic mass is 10.0. The molecule has 0 saturated heterocycles. The second kappa shape index (κ2) is 8.35. The number of fused-ring (bicyclic) bond motifs is 1. The average molecular weight is 325 g/mol. The molecule has 0 bridgehead atoms. The average Bonchev–Trinajstić information content (AvgIpc) is 2.59. The lowest BCUT2D eigenvalue weighted by Crippen LogP contribution is -3.00. The molecule has 0 unspecified atom stereocenters. The third-order valence-corrected chi connectivity index (χ3v) is 3.52. The molecular formula is C20H19ClNO-. The number of halogens is 1. The minimum Gasteiger partial charge on any atom is -1.00 e. The van der Waals surface area contributed by atoms with Gasteiger partial charge >= 0.3 is 0 Å². The van der Waals surface area contributed by atoms with E-state index in [1.165, 1.54) is 5.39 Å². The number of ether oxygens (including phenoxy) is 1. The molecule has 1 aromatic heterocycles. The molecule has 0 N–H and O–H groups in total. The molecule has 0 saturated carbocycles. The minimum absolute atomic E-state index is 0. The van der Waals surface area contributed by atoms with Crippen molar-refractivity contribution in [1.82, 2.24) is 4.98 Å². The first-order valence-electron chi connectivity index (χ1n) is 7.61. The van der Waals surface area contributed by atoms with Crippen LogP contribution in [-0.4, -0.2) is 11.6 Å². The normalized spacial score (nSPS) is 10.7. The van der Waals surface area contributed by atoms with E-state index in [0.29, 0.717) is 0 Å². The molecule has 0 spiro atoms. The predicted octanol–water partition coefficient (Wildman–Crippen LogP) is 2.20. The third-order valence-electron chi connectivity index (χ3n) is 3.52. The number of hydrogen-bond acceptors (Lipinski definition) is 2. The Balaban J connectivity index is 0.00000192. The second-order valence-corrected chi connectivity index (χ2v) is 5.17. The van der Waals surface area contributed by atoms with Crippen LogP contribution in [0.25, 0.3) is 22.9 Å². The Hall–Kier alpha value is -2.32. The van der Waals surface area contributed by atoms with Gasteiger partial charge in [-0.1, -0.05) is 55.5 Å². The summed E-state index contributed by atoms with van der Waals surface area (Å²) >= 11 is 0. The molecular weight excluding hydrogens is 306 g/mol. The van der Waals surface area contributed by atoms with Crippen LogP contribution >= 0.6 is 0 Å². The van der Waals surface area contributed by atoms with E-state index in [4.69, 9.17) is 4.74 Å². The maximum atomic E-state index is 6.02. The van der Waals surface area contributed by atoms with Crippen molar-refractivity contribution in [3.63, 3.8) is 0 Å². The van der Waals surface area contributed by atoms with E-state index in [9.17, 15) is 0 Å². The SMILES string of the molecule is CCCOc1c(/C=C/c2ccncc2)ccc2ccccc12.[Cl-]. The van der Waals surface area contributed by atoms with Gasteiger partial charge in [0.15, 0.2) is 0 Å². The Kier molecular flexibility index (Phi) is 6.19. The summed E-state index contributed by atoms with van der Waals surface area (Å²) in [6.45, 7) is 2.85. The number of nitrogens with zero attached hydrogens (tertiary/aromatic N) is 1. The molecule has 2 nitrogen and oxygen atoms in total. The molecule has 23 heavy (non-hydrogen) atoms. The Morgan fingerprint density at radius 3 is 2.52 bits per heavy atom. The van der Waals surface area contributed by atoms with Gasteiger partial charge < -0.3 is 17.1 Å². The zero-order valence-electron chi connectivity index (χ0n) is 13.1. The van der Waals surface area contributed by atoms with E-state index in [1.54, 1.807) is 12.4 Å². The van der Waals surface area contributed by atoms with Crippen LogP contribution < -0.4 is 17.1 Å². The van der Waals surface area contributed by atoms with Gasteiger partial charge in [0.25, 0.3) is 0 Å². The molecule has 118 valence electrons. The fraction of sp³-hybridized carbons (Fsp3) is 0.150.